The molecule has 3 aliphatic rings. The third-order valence-electron chi connectivity index (χ3n) is 6.55. The Bertz CT molecular complexity index is 1200. The molecule has 0 saturated carbocycles. The molecular weight excluding hydrogens is 431 g/mol. The van der Waals surface area contributed by atoms with Crippen LogP contribution in [0.1, 0.15) is 36.7 Å². The van der Waals surface area contributed by atoms with Gasteiger partial charge in [-0.05, 0) is 51.1 Å². The van der Waals surface area contributed by atoms with Crippen LogP contribution in [0, 0.1) is 17.7 Å². The summed E-state index contributed by atoms with van der Waals surface area (Å²) in [4.78, 5) is 44.0. The summed E-state index contributed by atoms with van der Waals surface area (Å²) in [6.07, 6.45) is 3.56. The highest BCUT2D eigenvalue weighted by atomic mass is 35.5. The number of Topliss-reactive ketones (excluding diaryl/α,β-unsaturated/α-hetero) is 1. The zero-order valence-corrected chi connectivity index (χ0v) is 18.6. The number of anilines is 1. The minimum atomic E-state index is -0.928. The van der Waals surface area contributed by atoms with E-state index in [1.165, 1.54) is 17.0 Å². The van der Waals surface area contributed by atoms with Gasteiger partial charge in [0.1, 0.15) is 11.9 Å². The number of benzene rings is 2. The Balaban J connectivity index is 1.70. The molecule has 2 fully saturated rings. The van der Waals surface area contributed by atoms with Crippen molar-refractivity contribution in [3.05, 3.63) is 70.5 Å². The maximum atomic E-state index is 13.9. The Labute approximate surface area is 190 Å². The van der Waals surface area contributed by atoms with E-state index in [1.54, 1.807) is 63.3 Å². The quantitative estimate of drug-likeness (QED) is 0.502. The van der Waals surface area contributed by atoms with Crippen molar-refractivity contribution in [3.8, 4) is 0 Å². The van der Waals surface area contributed by atoms with Crippen molar-refractivity contribution in [1.29, 1.82) is 0 Å². The van der Waals surface area contributed by atoms with E-state index in [2.05, 4.69) is 0 Å². The fourth-order valence-electron chi connectivity index (χ4n) is 5.33. The van der Waals surface area contributed by atoms with Crippen molar-refractivity contribution in [2.24, 2.45) is 11.8 Å². The highest BCUT2D eigenvalue weighted by molar-refractivity contribution is 6.34. The van der Waals surface area contributed by atoms with E-state index < -0.39 is 35.3 Å². The third kappa shape index (κ3) is 2.85. The average Bonchev–Trinajstić information content (AvgIpc) is 3.20. The third-order valence-corrected chi connectivity index (χ3v) is 6.88. The zero-order chi connectivity index (χ0) is 22.9. The van der Waals surface area contributed by atoms with Gasteiger partial charge >= 0.3 is 0 Å². The molecule has 3 heterocycles. The second-order valence-corrected chi connectivity index (χ2v) is 9.89. The molecule has 7 heteroatoms. The SMILES string of the molecule is CC(C)(C)N1C(=O)[C@H]2[C@H](C1=O)[C@H](C(=O)c1ccccc1Cl)N1c3ccc(F)cc3C=C[C@@H]21. The van der Waals surface area contributed by atoms with E-state index in [4.69, 9.17) is 11.6 Å². The number of ketones is 1. The summed E-state index contributed by atoms with van der Waals surface area (Å²) in [5.74, 6) is -2.91. The van der Waals surface area contributed by atoms with Crippen LogP contribution in [0.15, 0.2) is 48.5 Å². The molecule has 3 aliphatic heterocycles. The molecule has 0 spiro atoms. The van der Waals surface area contributed by atoms with Crippen molar-refractivity contribution >= 4 is 41.0 Å². The number of carbonyl (C=O) groups excluding carboxylic acids is 3. The van der Waals surface area contributed by atoms with E-state index in [1.807, 2.05) is 4.90 Å². The zero-order valence-electron chi connectivity index (χ0n) is 17.9. The highest BCUT2D eigenvalue weighted by Crippen LogP contribution is 2.50. The van der Waals surface area contributed by atoms with Crippen LogP contribution in [0.25, 0.3) is 6.08 Å². The molecule has 4 atom stereocenters. The summed E-state index contributed by atoms with van der Waals surface area (Å²) in [6.45, 7) is 5.42. The number of imide groups is 1. The van der Waals surface area contributed by atoms with Gasteiger partial charge in [-0.2, -0.15) is 0 Å². The smallest absolute Gasteiger partial charge is 0.236 e. The standard InChI is InChI=1S/C25H22ClFN2O3/c1-25(2,3)29-23(31)19-18-10-8-13-12-14(27)9-11-17(13)28(18)21(20(19)24(29)32)22(30)15-6-4-5-7-16(15)26/h4-12,18-21H,1-3H3/t18-,19+,20-,21+/m0/s1. The van der Waals surface area contributed by atoms with Gasteiger partial charge in [0, 0.05) is 22.4 Å². The maximum Gasteiger partial charge on any atom is 0.236 e. The van der Waals surface area contributed by atoms with Crippen molar-refractivity contribution in [1.82, 2.24) is 4.90 Å². The normalized spacial score (nSPS) is 26.3. The van der Waals surface area contributed by atoms with Crippen molar-refractivity contribution in [3.63, 3.8) is 0 Å². The lowest BCUT2D eigenvalue weighted by Gasteiger charge is -2.38. The Hall–Kier alpha value is -2.99. The van der Waals surface area contributed by atoms with Gasteiger partial charge in [-0.25, -0.2) is 4.39 Å². The number of hydrogen-bond donors (Lipinski definition) is 0. The fraction of sp³-hybridized carbons (Fsp3) is 0.320. The van der Waals surface area contributed by atoms with Crippen LogP contribution in [0.5, 0.6) is 0 Å². The lowest BCUT2D eigenvalue weighted by atomic mass is 9.86. The molecule has 0 unspecified atom stereocenters. The molecule has 0 N–H and O–H groups in total. The van der Waals surface area contributed by atoms with Gasteiger partial charge in [-0.3, -0.25) is 19.3 Å². The van der Waals surface area contributed by atoms with E-state index >= 15 is 0 Å². The van der Waals surface area contributed by atoms with Crippen LogP contribution in [0.4, 0.5) is 10.1 Å². The molecule has 0 aliphatic carbocycles. The van der Waals surface area contributed by atoms with E-state index in [9.17, 15) is 18.8 Å². The second-order valence-electron chi connectivity index (χ2n) is 9.48. The van der Waals surface area contributed by atoms with Gasteiger partial charge in [0.05, 0.1) is 22.9 Å². The lowest BCUT2D eigenvalue weighted by Crippen LogP contribution is -2.52. The Morgan fingerprint density at radius 3 is 2.41 bits per heavy atom. The fourth-order valence-corrected chi connectivity index (χ4v) is 5.55. The summed E-state index contributed by atoms with van der Waals surface area (Å²) in [5, 5.41) is 0.286. The van der Waals surface area contributed by atoms with Gasteiger partial charge in [0.15, 0.2) is 5.78 Å². The van der Waals surface area contributed by atoms with Crippen molar-refractivity contribution < 1.29 is 18.8 Å². The Morgan fingerprint density at radius 1 is 1.03 bits per heavy atom. The number of rotatable bonds is 2. The second kappa shape index (κ2) is 7.01. The monoisotopic (exact) mass is 452 g/mol. The summed E-state index contributed by atoms with van der Waals surface area (Å²) in [5.41, 5.74) is 0.819. The highest BCUT2D eigenvalue weighted by Gasteiger charge is 2.65. The lowest BCUT2D eigenvalue weighted by molar-refractivity contribution is -0.145. The molecule has 5 rings (SSSR count). The van der Waals surface area contributed by atoms with Crippen LogP contribution < -0.4 is 4.90 Å². The molecule has 0 radical (unpaired) electrons. The van der Waals surface area contributed by atoms with E-state index in [0.717, 1.165) is 0 Å². The molecule has 164 valence electrons. The van der Waals surface area contributed by atoms with Crippen LogP contribution >= 0.6 is 11.6 Å². The van der Waals surface area contributed by atoms with Crippen LogP contribution in [-0.2, 0) is 9.59 Å². The topological polar surface area (TPSA) is 57.7 Å². The average molecular weight is 453 g/mol. The Kier molecular flexibility index (Phi) is 4.57. The summed E-state index contributed by atoms with van der Waals surface area (Å²) in [7, 11) is 0. The molecule has 5 nitrogen and oxygen atoms in total. The van der Waals surface area contributed by atoms with Crippen molar-refractivity contribution in [2.45, 2.75) is 38.4 Å². The van der Waals surface area contributed by atoms with E-state index in [0.29, 0.717) is 16.8 Å². The first-order chi connectivity index (χ1) is 15.1. The number of amides is 2. The number of carbonyl (C=O) groups is 3. The summed E-state index contributed by atoms with van der Waals surface area (Å²) < 4.78 is 13.9. The van der Waals surface area contributed by atoms with Gasteiger partial charge in [-0.15, -0.1) is 0 Å². The molecule has 2 saturated heterocycles. The molecule has 2 aromatic rings. The van der Waals surface area contributed by atoms with Gasteiger partial charge in [-0.1, -0.05) is 35.9 Å². The molecule has 2 amide bonds. The van der Waals surface area contributed by atoms with Crippen molar-refractivity contribution in [2.75, 3.05) is 4.90 Å². The molecular formula is C25H22ClFN2O3. The molecule has 32 heavy (non-hydrogen) atoms. The van der Waals surface area contributed by atoms with Crippen LogP contribution in [0.3, 0.4) is 0 Å². The first-order valence-corrected chi connectivity index (χ1v) is 10.9. The number of nitrogens with zero attached hydrogens (tertiary/aromatic N) is 2. The maximum absolute atomic E-state index is 13.9. The predicted octanol–water partition coefficient (Wildman–Crippen LogP) is 4.35. The predicted molar refractivity (Wildman–Crippen MR) is 120 cm³/mol. The molecule has 0 bridgehead atoms. The van der Waals surface area contributed by atoms with Gasteiger partial charge in [0.25, 0.3) is 0 Å². The largest absolute Gasteiger partial charge is 0.352 e. The van der Waals surface area contributed by atoms with Gasteiger partial charge in [0.2, 0.25) is 11.8 Å². The summed E-state index contributed by atoms with van der Waals surface area (Å²) in [6, 6.07) is 9.59. The number of hydrogen-bond acceptors (Lipinski definition) is 4. The minimum Gasteiger partial charge on any atom is -0.352 e. The first kappa shape index (κ1) is 20.9. The van der Waals surface area contributed by atoms with Gasteiger partial charge < -0.3 is 4.90 Å². The minimum absolute atomic E-state index is 0.285. The Morgan fingerprint density at radius 2 is 1.72 bits per heavy atom. The van der Waals surface area contributed by atoms with E-state index in [-0.39, 0.29) is 22.6 Å². The molecule has 0 aromatic heterocycles. The molecule has 2 aromatic carbocycles. The number of halogens is 2. The number of likely N-dealkylation sites (tertiary alicyclic amines) is 1. The summed E-state index contributed by atoms with van der Waals surface area (Å²) >= 11 is 6.34. The van der Waals surface area contributed by atoms with Crippen LogP contribution in [0.2, 0.25) is 5.02 Å². The number of fused-ring (bicyclic) bond motifs is 5. The van der Waals surface area contributed by atoms with Crippen LogP contribution in [-0.4, -0.2) is 40.1 Å². The first-order valence-electron chi connectivity index (χ1n) is 10.5.